The standard InChI is InChI=1S/C15H15FN2O2/c1-9-8-10(2)17-14(13(9)15(19)20)18(3)12-6-4-11(16)5-7-12/h4-8H,1-3H3,(H,19,20). The van der Waals surface area contributed by atoms with E-state index in [0.717, 1.165) is 5.69 Å². The minimum atomic E-state index is -1.03. The van der Waals surface area contributed by atoms with Crippen LogP contribution in [0, 0.1) is 19.7 Å². The van der Waals surface area contributed by atoms with Gasteiger partial charge in [-0.2, -0.15) is 0 Å². The number of carbonyl (C=O) groups is 1. The molecule has 0 aliphatic carbocycles. The largest absolute Gasteiger partial charge is 0.478 e. The van der Waals surface area contributed by atoms with Crippen molar-refractivity contribution in [1.82, 2.24) is 4.98 Å². The number of benzene rings is 1. The highest BCUT2D eigenvalue weighted by molar-refractivity contribution is 5.96. The SMILES string of the molecule is Cc1cc(C)c(C(=O)O)c(N(C)c2ccc(F)cc2)n1. The molecule has 1 heterocycles. The van der Waals surface area contributed by atoms with Crippen LogP contribution in [0.4, 0.5) is 15.9 Å². The van der Waals surface area contributed by atoms with Gasteiger partial charge in [-0.05, 0) is 49.7 Å². The summed E-state index contributed by atoms with van der Waals surface area (Å²) in [4.78, 5) is 17.4. The number of aromatic carboxylic acids is 1. The Hall–Kier alpha value is -2.43. The summed E-state index contributed by atoms with van der Waals surface area (Å²) < 4.78 is 13.0. The second kappa shape index (κ2) is 5.28. The Labute approximate surface area is 116 Å². The van der Waals surface area contributed by atoms with Crippen molar-refractivity contribution in [3.05, 3.63) is 53.0 Å². The molecule has 2 aromatic rings. The second-order valence-corrected chi connectivity index (χ2v) is 4.62. The Balaban J connectivity index is 2.56. The average Bonchev–Trinajstić information content (AvgIpc) is 2.37. The van der Waals surface area contributed by atoms with Crippen LogP contribution in [0.5, 0.6) is 0 Å². The van der Waals surface area contributed by atoms with E-state index in [9.17, 15) is 14.3 Å². The lowest BCUT2D eigenvalue weighted by Crippen LogP contribution is -2.17. The Bertz CT molecular complexity index is 654. The van der Waals surface area contributed by atoms with E-state index >= 15 is 0 Å². The van der Waals surface area contributed by atoms with Gasteiger partial charge in [0.15, 0.2) is 0 Å². The van der Waals surface area contributed by atoms with Crippen LogP contribution in [-0.4, -0.2) is 23.1 Å². The van der Waals surface area contributed by atoms with Gasteiger partial charge in [-0.1, -0.05) is 0 Å². The van der Waals surface area contributed by atoms with Crippen LogP contribution < -0.4 is 4.90 Å². The van der Waals surface area contributed by atoms with Crippen molar-refractivity contribution < 1.29 is 14.3 Å². The van der Waals surface area contributed by atoms with Crippen molar-refractivity contribution in [3.63, 3.8) is 0 Å². The lowest BCUT2D eigenvalue weighted by atomic mass is 10.1. The summed E-state index contributed by atoms with van der Waals surface area (Å²) in [5, 5.41) is 9.35. The van der Waals surface area contributed by atoms with Gasteiger partial charge in [-0.15, -0.1) is 0 Å². The molecule has 0 unspecified atom stereocenters. The predicted molar refractivity (Wildman–Crippen MR) is 75.1 cm³/mol. The average molecular weight is 274 g/mol. The minimum Gasteiger partial charge on any atom is -0.478 e. The van der Waals surface area contributed by atoms with E-state index in [1.165, 1.54) is 12.1 Å². The van der Waals surface area contributed by atoms with Crippen LogP contribution in [-0.2, 0) is 0 Å². The summed E-state index contributed by atoms with van der Waals surface area (Å²) in [6, 6.07) is 7.55. The number of carboxylic acid groups (broad SMARTS) is 1. The van der Waals surface area contributed by atoms with Gasteiger partial charge in [-0.25, -0.2) is 14.2 Å². The number of aromatic nitrogens is 1. The van der Waals surface area contributed by atoms with Crippen LogP contribution in [0.2, 0.25) is 0 Å². The quantitative estimate of drug-likeness (QED) is 0.933. The van der Waals surface area contributed by atoms with Gasteiger partial charge >= 0.3 is 5.97 Å². The molecule has 20 heavy (non-hydrogen) atoms. The highest BCUT2D eigenvalue weighted by atomic mass is 19.1. The smallest absolute Gasteiger partial charge is 0.339 e. The minimum absolute atomic E-state index is 0.155. The van der Waals surface area contributed by atoms with E-state index in [4.69, 9.17) is 0 Å². The summed E-state index contributed by atoms with van der Waals surface area (Å²) in [6.07, 6.45) is 0. The van der Waals surface area contributed by atoms with E-state index in [2.05, 4.69) is 4.98 Å². The molecule has 0 aliphatic rings. The Morgan fingerprint density at radius 2 is 1.85 bits per heavy atom. The van der Waals surface area contributed by atoms with Crippen molar-refractivity contribution in [1.29, 1.82) is 0 Å². The zero-order valence-corrected chi connectivity index (χ0v) is 11.5. The number of halogens is 1. The fraction of sp³-hybridized carbons (Fsp3) is 0.200. The number of anilines is 2. The molecule has 2 rings (SSSR count). The summed E-state index contributed by atoms with van der Waals surface area (Å²) >= 11 is 0. The van der Waals surface area contributed by atoms with Crippen molar-refractivity contribution >= 4 is 17.5 Å². The second-order valence-electron chi connectivity index (χ2n) is 4.62. The van der Waals surface area contributed by atoms with Crippen LogP contribution in [0.25, 0.3) is 0 Å². The Morgan fingerprint density at radius 3 is 2.40 bits per heavy atom. The van der Waals surface area contributed by atoms with Crippen LogP contribution in [0.3, 0.4) is 0 Å². The highest BCUT2D eigenvalue weighted by Crippen LogP contribution is 2.28. The number of hydrogen-bond donors (Lipinski definition) is 1. The molecule has 5 heteroatoms. The molecular weight excluding hydrogens is 259 g/mol. The molecule has 0 amide bonds. The summed E-state index contributed by atoms with van der Waals surface area (Å²) in [7, 11) is 1.71. The molecule has 0 fully saturated rings. The van der Waals surface area contributed by atoms with E-state index < -0.39 is 5.97 Å². The van der Waals surface area contributed by atoms with Gasteiger partial charge in [0.05, 0.1) is 0 Å². The maximum absolute atomic E-state index is 13.0. The third-order valence-corrected chi connectivity index (χ3v) is 3.07. The van der Waals surface area contributed by atoms with Gasteiger partial charge in [0.1, 0.15) is 17.2 Å². The van der Waals surface area contributed by atoms with E-state index in [0.29, 0.717) is 17.1 Å². The fourth-order valence-electron chi connectivity index (χ4n) is 2.11. The molecule has 0 bridgehead atoms. The molecule has 0 saturated heterocycles. The lowest BCUT2D eigenvalue weighted by Gasteiger charge is -2.21. The predicted octanol–water partition coefficient (Wildman–Crippen LogP) is 3.30. The molecule has 1 aromatic carbocycles. The monoisotopic (exact) mass is 274 g/mol. The zero-order chi connectivity index (χ0) is 14.9. The number of nitrogens with zero attached hydrogens (tertiary/aromatic N) is 2. The van der Waals surface area contributed by atoms with Crippen LogP contribution in [0.15, 0.2) is 30.3 Å². The normalized spacial score (nSPS) is 10.4. The van der Waals surface area contributed by atoms with Gasteiger partial charge < -0.3 is 10.0 Å². The third-order valence-electron chi connectivity index (χ3n) is 3.07. The number of rotatable bonds is 3. The van der Waals surface area contributed by atoms with Crippen LogP contribution >= 0.6 is 0 Å². The molecule has 0 atom stereocenters. The maximum atomic E-state index is 13.0. The van der Waals surface area contributed by atoms with E-state index in [1.807, 2.05) is 0 Å². The zero-order valence-electron chi connectivity index (χ0n) is 11.5. The molecule has 0 aliphatic heterocycles. The summed E-state index contributed by atoms with van der Waals surface area (Å²) in [6.45, 7) is 3.54. The molecule has 0 radical (unpaired) electrons. The maximum Gasteiger partial charge on any atom is 0.339 e. The van der Waals surface area contributed by atoms with E-state index in [1.54, 1.807) is 44.0 Å². The Kier molecular flexibility index (Phi) is 3.70. The summed E-state index contributed by atoms with van der Waals surface area (Å²) in [5.41, 5.74) is 2.21. The fourth-order valence-corrected chi connectivity index (χ4v) is 2.11. The number of aryl methyl sites for hydroxylation is 2. The molecule has 104 valence electrons. The first-order valence-corrected chi connectivity index (χ1v) is 6.11. The number of hydrogen-bond acceptors (Lipinski definition) is 3. The molecule has 1 aromatic heterocycles. The highest BCUT2D eigenvalue weighted by Gasteiger charge is 2.19. The van der Waals surface area contributed by atoms with Crippen LogP contribution in [0.1, 0.15) is 21.6 Å². The number of carboxylic acids is 1. The van der Waals surface area contributed by atoms with E-state index in [-0.39, 0.29) is 11.4 Å². The molecule has 4 nitrogen and oxygen atoms in total. The van der Waals surface area contributed by atoms with Crippen molar-refractivity contribution in [3.8, 4) is 0 Å². The van der Waals surface area contributed by atoms with Crippen molar-refractivity contribution in [2.75, 3.05) is 11.9 Å². The topological polar surface area (TPSA) is 53.4 Å². The van der Waals surface area contributed by atoms with Crippen molar-refractivity contribution in [2.24, 2.45) is 0 Å². The third kappa shape index (κ3) is 2.61. The lowest BCUT2D eigenvalue weighted by molar-refractivity contribution is 0.0696. The van der Waals surface area contributed by atoms with Gasteiger partial charge in [0.25, 0.3) is 0 Å². The van der Waals surface area contributed by atoms with Crippen molar-refractivity contribution in [2.45, 2.75) is 13.8 Å². The van der Waals surface area contributed by atoms with Gasteiger partial charge in [-0.3, -0.25) is 0 Å². The molecule has 1 N–H and O–H groups in total. The summed E-state index contributed by atoms with van der Waals surface area (Å²) in [5.74, 6) is -1.02. The molecule has 0 spiro atoms. The first-order chi connectivity index (χ1) is 9.40. The molecule has 0 saturated carbocycles. The first-order valence-electron chi connectivity index (χ1n) is 6.11. The van der Waals surface area contributed by atoms with Gasteiger partial charge in [0.2, 0.25) is 0 Å². The first kappa shape index (κ1) is 14.0. The van der Waals surface area contributed by atoms with Gasteiger partial charge in [0, 0.05) is 18.4 Å². The molecular formula is C15H15FN2O2. The number of pyridine rings is 1. The Morgan fingerprint density at radius 1 is 1.25 bits per heavy atom.